The van der Waals surface area contributed by atoms with E-state index in [2.05, 4.69) is 31.4 Å². The van der Waals surface area contributed by atoms with Crippen LogP contribution in [0.4, 0.5) is 13.2 Å². The molecule has 0 bridgehead atoms. The minimum Gasteiger partial charge on any atom is -0.443 e. The van der Waals surface area contributed by atoms with Gasteiger partial charge in [-0.3, -0.25) is 20.7 Å². The molecular formula is C15H23F3N6O2. The lowest BCUT2D eigenvalue weighted by molar-refractivity contribution is -0.182. The normalized spacial score (nSPS) is 38.3. The molecule has 3 fully saturated rings. The second-order valence-corrected chi connectivity index (χ2v) is 7.17. The summed E-state index contributed by atoms with van der Waals surface area (Å²) in [5.74, 6) is 0.339. The highest BCUT2D eigenvalue weighted by Gasteiger charge is 2.50. The van der Waals surface area contributed by atoms with Gasteiger partial charge in [-0.15, -0.1) is 0 Å². The van der Waals surface area contributed by atoms with E-state index in [4.69, 9.17) is 4.74 Å². The summed E-state index contributed by atoms with van der Waals surface area (Å²) in [5, 5.41) is 13.2. The summed E-state index contributed by atoms with van der Waals surface area (Å²) in [6, 6.07) is -3.19. The Morgan fingerprint density at radius 3 is 2.65 bits per heavy atom. The van der Waals surface area contributed by atoms with Crippen LogP contribution in [0.5, 0.6) is 0 Å². The number of cyclic esters (lactones) is 1. The van der Waals surface area contributed by atoms with Crippen LogP contribution < -0.4 is 21.4 Å². The van der Waals surface area contributed by atoms with Gasteiger partial charge in [-0.1, -0.05) is 0 Å². The number of nitrogens with one attached hydrogen (secondary N) is 4. The Bertz CT molecular complexity index is 580. The maximum Gasteiger partial charge on any atom is 0.403 e. The van der Waals surface area contributed by atoms with Crippen LogP contribution in [-0.2, 0) is 9.53 Å². The lowest BCUT2D eigenvalue weighted by Crippen LogP contribution is -2.70. The summed E-state index contributed by atoms with van der Waals surface area (Å²) in [6.45, 7) is 2.62. The van der Waals surface area contributed by atoms with Crippen molar-refractivity contribution in [1.29, 1.82) is 0 Å². The van der Waals surface area contributed by atoms with Crippen molar-refractivity contribution in [2.24, 2.45) is 5.10 Å². The molecule has 4 aliphatic heterocycles. The van der Waals surface area contributed by atoms with Crippen molar-refractivity contribution in [2.45, 2.75) is 62.3 Å². The molecule has 0 aliphatic carbocycles. The molecule has 0 aromatic rings. The lowest BCUT2D eigenvalue weighted by atomic mass is 9.91. The molecule has 0 spiro atoms. The minimum absolute atomic E-state index is 0.0555. The van der Waals surface area contributed by atoms with E-state index >= 15 is 0 Å². The van der Waals surface area contributed by atoms with E-state index < -0.39 is 30.5 Å². The Morgan fingerprint density at radius 1 is 1.15 bits per heavy atom. The van der Waals surface area contributed by atoms with Crippen molar-refractivity contribution >= 4 is 11.8 Å². The predicted molar refractivity (Wildman–Crippen MR) is 86.0 cm³/mol. The summed E-state index contributed by atoms with van der Waals surface area (Å²) in [7, 11) is 0. The average molecular weight is 376 g/mol. The second-order valence-electron chi connectivity index (χ2n) is 7.17. The number of hydrogen-bond acceptors (Lipinski definition) is 8. The van der Waals surface area contributed by atoms with Crippen molar-refractivity contribution in [2.75, 3.05) is 19.8 Å². The number of rotatable bonds is 1. The zero-order valence-electron chi connectivity index (χ0n) is 14.2. The number of piperidine rings is 1. The molecule has 0 aromatic heterocycles. The van der Waals surface area contributed by atoms with Gasteiger partial charge < -0.3 is 15.1 Å². The van der Waals surface area contributed by atoms with Crippen molar-refractivity contribution in [3.05, 3.63) is 0 Å². The van der Waals surface area contributed by atoms with E-state index in [0.29, 0.717) is 0 Å². The molecule has 4 aliphatic rings. The molecule has 0 aromatic carbocycles. The van der Waals surface area contributed by atoms with Gasteiger partial charge in [-0.2, -0.15) is 18.3 Å². The van der Waals surface area contributed by atoms with Gasteiger partial charge in [-0.25, -0.2) is 0 Å². The van der Waals surface area contributed by atoms with Crippen LogP contribution >= 0.6 is 0 Å². The summed E-state index contributed by atoms with van der Waals surface area (Å²) in [6.07, 6.45) is -3.24. The number of alkyl halides is 3. The van der Waals surface area contributed by atoms with E-state index in [1.54, 1.807) is 0 Å². The molecule has 4 heterocycles. The van der Waals surface area contributed by atoms with Crippen molar-refractivity contribution in [3.63, 3.8) is 0 Å². The van der Waals surface area contributed by atoms with Gasteiger partial charge in [0.2, 0.25) is 0 Å². The van der Waals surface area contributed by atoms with E-state index in [1.165, 1.54) is 0 Å². The first kappa shape index (κ1) is 17.8. The third-order valence-electron chi connectivity index (χ3n) is 5.45. The summed E-state index contributed by atoms with van der Waals surface area (Å²) >= 11 is 0. The molecule has 8 nitrogen and oxygen atoms in total. The third kappa shape index (κ3) is 3.47. The maximum absolute atomic E-state index is 12.9. The van der Waals surface area contributed by atoms with Gasteiger partial charge in [0.05, 0.1) is 12.7 Å². The zero-order valence-corrected chi connectivity index (χ0v) is 14.2. The van der Waals surface area contributed by atoms with Gasteiger partial charge in [0.25, 0.3) is 0 Å². The Hall–Kier alpha value is -1.59. The van der Waals surface area contributed by atoms with Crippen LogP contribution in [0, 0.1) is 0 Å². The number of carbonyl (C=O) groups excluding carboxylic acids is 1. The molecule has 4 rings (SSSR count). The molecule has 0 saturated carbocycles. The van der Waals surface area contributed by atoms with Gasteiger partial charge >= 0.3 is 12.1 Å². The molecule has 0 amide bonds. The maximum atomic E-state index is 12.9. The fraction of sp³-hybridized carbons (Fsp3) is 0.867. The molecule has 3 saturated heterocycles. The van der Waals surface area contributed by atoms with Crippen LogP contribution in [0.3, 0.4) is 0 Å². The Labute approximate surface area is 148 Å². The monoisotopic (exact) mass is 376 g/mol. The third-order valence-corrected chi connectivity index (χ3v) is 5.45. The van der Waals surface area contributed by atoms with Crippen LogP contribution in [0.2, 0.25) is 0 Å². The number of amidine groups is 1. The Kier molecular flexibility index (Phi) is 4.70. The average Bonchev–Trinajstić information content (AvgIpc) is 3.15. The van der Waals surface area contributed by atoms with Crippen molar-refractivity contribution < 1.29 is 22.7 Å². The topological polar surface area (TPSA) is 90.0 Å². The van der Waals surface area contributed by atoms with Gasteiger partial charge in [-0.05, 0) is 19.3 Å². The van der Waals surface area contributed by atoms with Crippen LogP contribution in [0.25, 0.3) is 0 Å². The highest BCUT2D eigenvalue weighted by atomic mass is 19.4. The smallest absolute Gasteiger partial charge is 0.403 e. The van der Waals surface area contributed by atoms with Crippen molar-refractivity contribution in [1.82, 2.24) is 26.3 Å². The minimum atomic E-state index is -4.36. The number of halogens is 3. The standard InChI is InChI=1S/C15H23F3N6O2/c16-15(17,18)10-3-1-8-12(21-10)14(25)26-13(20-8)9-2-4-11(23-22-9)24-6-5-19-7-24/h8-10,12-13,19-22H,1-7H2. The van der Waals surface area contributed by atoms with Gasteiger partial charge in [0.15, 0.2) is 6.23 Å². The number of nitrogens with zero attached hydrogens (tertiary/aromatic N) is 2. The van der Waals surface area contributed by atoms with E-state index in [1.807, 2.05) is 0 Å². The van der Waals surface area contributed by atoms with Gasteiger partial charge in [0.1, 0.15) is 17.9 Å². The molecule has 11 heteroatoms. The molecular weight excluding hydrogens is 353 g/mol. The molecule has 4 N–H and O–H groups in total. The summed E-state index contributed by atoms with van der Waals surface area (Å²) < 4.78 is 44.1. The number of esters is 1. The largest absolute Gasteiger partial charge is 0.443 e. The first-order chi connectivity index (χ1) is 12.4. The molecule has 146 valence electrons. The molecule has 5 atom stereocenters. The zero-order chi connectivity index (χ0) is 18.3. The number of fused-ring (bicyclic) bond motifs is 1. The van der Waals surface area contributed by atoms with Crippen LogP contribution in [0.1, 0.15) is 25.7 Å². The highest BCUT2D eigenvalue weighted by molar-refractivity contribution is 5.83. The SMILES string of the molecule is O=C1OC(C2CCC(N3CCNC3)=NN2)NC2CCC(C(F)(F)F)NC12. The molecule has 26 heavy (non-hydrogen) atoms. The van der Waals surface area contributed by atoms with Crippen LogP contribution in [0.15, 0.2) is 5.10 Å². The summed E-state index contributed by atoms with van der Waals surface area (Å²) in [4.78, 5) is 14.4. The first-order valence-electron chi connectivity index (χ1n) is 8.99. The first-order valence-corrected chi connectivity index (χ1v) is 8.99. The van der Waals surface area contributed by atoms with Gasteiger partial charge in [0, 0.05) is 25.6 Å². The molecule has 0 radical (unpaired) electrons. The number of carbonyl (C=O) groups is 1. The van der Waals surface area contributed by atoms with E-state index in [-0.39, 0.29) is 24.9 Å². The number of ether oxygens (including phenoxy) is 1. The number of hydrogen-bond donors (Lipinski definition) is 4. The van der Waals surface area contributed by atoms with Crippen LogP contribution in [-0.4, -0.2) is 73.0 Å². The fourth-order valence-corrected chi connectivity index (χ4v) is 3.98. The Morgan fingerprint density at radius 2 is 2.00 bits per heavy atom. The van der Waals surface area contributed by atoms with Crippen molar-refractivity contribution in [3.8, 4) is 0 Å². The van der Waals surface area contributed by atoms with E-state index in [0.717, 1.165) is 38.4 Å². The lowest BCUT2D eigenvalue weighted by Gasteiger charge is -2.44. The molecule has 5 unspecified atom stereocenters. The number of hydrazone groups is 1. The fourth-order valence-electron chi connectivity index (χ4n) is 3.98. The predicted octanol–water partition coefficient (Wildman–Crippen LogP) is -0.561. The summed E-state index contributed by atoms with van der Waals surface area (Å²) in [5.41, 5.74) is 3.04. The van der Waals surface area contributed by atoms with E-state index in [9.17, 15) is 18.0 Å². The second kappa shape index (κ2) is 6.86. The highest BCUT2D eigenvalue weighted by Crippen LogP contribution is 2.30. The quantitative estimate of drug-likeness (QED) is 0.456. The Balaban J connectivity index is 1.36.